The fourth-order valence-corrected chi connectivity index (χ4v) is 2.80. The highest BCUT2D eigenvalue weighted by Gasteiger charge is 2.65. The third-order valence-corrected chi connectivity index (χ3v) is 4.89. The SMILES string of the molecule is CC1(C)C(NC(=O)C2CCC(C(=O)O)O2)C1(C)C. The lowest BCUT2D eigenvalue weighted by Crippen LogP contribution is -2.39. The van der Waals surface area contributed by atoms with E-state index in [2.05, 4.69) is 33.0 Å². The van der Waals surface area contributed by atoms with Crippen molar-refractivity contribution >= 4 is 11.9 Å². The van der Waals surface area contributed by atoms with Gasteiger partial charge in [0.05, 0.1) is 0 Å². The van der Waals surface area contributed by atoms with Gasteiger partial charge in [-0.1, -0.05) is 27.7 Å². The number of hydrogen-bond acceptors (Lipinski definition) is 3. The number of carbonyl (C=O) groups is 2. The summed E-state index contributed by atoms with van der Waals surface area (Å²) in [5.41, 5.74) is 0.154. The Morgan fingerprint density at radius 2 is 1.61 bits per heavy atom. The zero-order chi connectivity index (χ0) is 13.7. The lowest BCUT2D eigenvalue weighted by Gasteiger charge is -2.13. The minimum absolute atomic E-state index is 0.0768. The van der Waals surface area contributed by atoms with Gasteiger partial charge in [-0.15, -0.1) is 0 Å². The molecule has 18 heavy (non-hydrogen) atoms. The Morgan fingerprint density at radius 1 is 1.11 bits per heavy atom. The average molecular weight is 255 g/mol. The molecule has 2 aliphatic rings. The highest BCUT2D eigenvalue weighted by atomic mass is 16.5. The average Bonchev–Trinajstić information content (AvgIpc) is 2.68. The molecule has 2 atom stereocenters. The van der Waals surface area contributed by atoms with E-state index >= 15 is 0 Å². The van der Waals surface area contributed by atoms with Gasteiger partial charge < -0.3 is 15.2 Å². The second-order valence-corrected chi connectivity index (χ2v) is 6.41. The van der Waals surface area contributed by atoms with Gasteiger partial charge in [0.1, 0.15) is 6.10 Å². The molecule has 1 aliphatic carbocycles. The van der Waals surface area contributed by atoms with E-state index in [0.717, 1.165) is 0 Å². The summed E-state index contributed by atoms with van der Waals surface area (Å²) >= 11 is 0. The Labute approximate surface area is 107 Å². The van der Waals surface area contributed by atoms with Gasteiger partial charge >= 0.3 is 5.97 Å². The van der Waals surface area contributed by atoms with Crippen LogP contribution in [0, 0.1) is 10.8 Å². The molecular weight excluding hydrogens is 234 g/mol. The zero-order valence-electron chi connectivity index (χ0n) is 11.3. The predicted octanol–water partition coefficient (Wildman–Crippen LogP) is 1.17. The molecule has 2 rings (SSSR count). The normalized spacial score (nSPS) is 33.1. The molecule has 1 saturated carbocycles. The quantitative estimate of drug-likeness (QED) is 0.793. The molecule has 2 fully saturated rings. The fraction of sp³-hybridized carbons (Fsp3) is 0.846. The number of aliphatic carboxylic acids is 1. The highest BCUT2D eigenvalue weighted by molar-refractivity contribution is 5.83. The number of ether oxygens (including phenoxy) is 1. The highest BCUT2D eigenvalue weighted by Crippen LogP contribution is 2.62. The molecular formula is C13H21NO4. The van der Waals surface area contributed by atoms with Gasteiger partial charge in [0.15, 0.2) is 6.10 Å². The molecule has 0 aromatic heterocycles. The predicted molar refractivity (Wildman–Crippen MR) is 65.0 cm³/mol. The molecule has 0 spiro atoms. The summed E-state index contributed by atoms with van der Waals surface area (Å²) in [7, 11) is 0. The van der Waals surface area contributed by atoms with Crippen LogP contribution in [0.15, 0.2) is 0 Å². The van der Waals surface area contributed by atoms with E-state index in [0.29, 0.717) is 12.8 Å². The van der Waals surface area contributed by atoms with Gasteiger partial charge in [0.2, 0.25) is 5.91 Å². The fourth-order valence-electron chi connectivity index (χ4n) is 2.80. The second kappa shape index (κ2) is 3.95. The second-order valence-electron chi connectivity index (χ2n) is 6.41. The van der Waals surface area contributed by atoms with Gasteiger partial charge in [-0.05, 0) is 23.7 Å². The van der Waals surface area contributed by atoms with E-state index in [-0.39, 0.29) is 22.8 Å². The van der Waals surface area contributed by atoms with Gasteiger partial charge in [0.25, 0.3) is 0 Å². The van der Waals surface area contributed by atoms with Crippen LogP contribution in [0.3, 0.4) is 0 Å². The first-order valence-electron chi connectivity index (χ1n) is 6.36. The van der Waals surface area contributed by atoms with Gasteiger partial charge in [0, 0.05) is 6.04 Å². The van der Waals surface area contributed by atoms with Crippen LogP contribution in [0.25, 0.3) is 0 Å². The number of carboxylic acid groups (broad SMARTS) is 1. The van der Waals surface area contributed by atoms with Crippen LogP contribution in [0.1, 0.15) is 40.5 Å². The number of nitrogens with one attached hydrogen (secondary N) is 1. The lowest BCUT2D eigenvalue weighted by atomic mass is 10.0. The Bertz CT molecular complexity index is 374. The van der Waals surface area contributed by atoms with Crippen molar-refractivity contribution in [2.45, 2.75) is 58.8 Å². The van der Waals surface area contributed by atoms with Crippen LogP contribution < -0.4 is 5.32 Å². The van der Waals surface area contributed by atoms with Crippen molar-refractivity contribution in [3.63, 3.8) is 0 Å². The molecule has 2 N–H and O–H groups in total. The third kappa shape index (κ3) is 1.90. The van der Waals surface area contributed by atoms with E-state index in [1.807, 2.05) is 0 Å². The van der Waals surface area contributed by atoms with Crippen molar-refractivity contribution in [3.8, 4) is 0 Å². The Kier molecular flexibility index (Phi) is 2.93. The van der Waals surface area contributed by atoms with Crippen molar-refractivity contribution in [1.29, 1.82) is 0 Å². The van der Waals surface area contributed by atoms with E-state index in [1.165, 1.54) is 0 Å². The topological polar surface area (TPSA) is 75.6 Å². The Morgan fingerprint density at radius 3 is 2.00 bits per heavy atom. The maximum Gasteiger partial charge on any atom is 0.332 e. The maximum atomic E-state index is 12.0. The van der Waals surface area contributed by atoms with E-state index in [4.69, 9.17) is 9.84 Å². The van der Waals surface area contributed by atoms with Crippen LogP contribution >= 0.6 is 0 Å². The van der Waals surface area contributed by atoms with Crippen molar-refractivity contribution in [2.75, 3.05) is 0 Å². The van der Waals surface area contributed by atoms with E-state index in [9.17, 15) is 9.59 Å². The van der Waals surface area contributed by atoms with Crippen molar-refractivity contribution in [3.05, 3.63) is 0 Å². The smallest absolute Gasteiger partial charge is 0.332 e. The molecule has 1 amide bonds. The number of carbonyl (C=O) groups excluding carboxylic acids is 1. The molecule has 0 aromatic rings. The standard InChI is InChI=1S/C13H21NO4/c1-12(2)11(13(12,3)4)14-9(15)7-5-6-8(18-7)10(16)17/h7-8,11H,5-6H2,1-4H3,(H,14,15)(H,16,17). The zero-order valence-corrected chi connectivity index (χ0v) is 11.3. The Hall–Kier alpha value is -1.10. The van der Waals surface area contributed by atoms with Crippen LogP contribution in [0.4, 0.5) is 0 Å². The minimum Gasteiger partial charge on any atom is -0.479 e. The van der Waals surface area contributed by atoms with Crippen LogP contribution in [-0.4, -0.2) is 35.2 Å². The summed E-state index contributed by atoms with van der Waals surface area (Å²) in [6, 6.07) is 0.130. The largest absolute Gasteiger partial charge is 0.479 e. The summed E-state index contributed by atoms with van der Waals surface area (Å²) in [6.45, 7) is 8.47. The lowest BCUT2D eigenvalue weighted by molar-refractivity contribution is -0.151. The molecule has 5 heteroatoms. The monoisotopic (exact) mass is 255 g/mol. The molecule has 2 unspecified atom stereocenters. The molecule has 0 bridgehead atoms. The summed E-state index contributed by atoms with van der Waals surface area (Å²) in [5, 5.41) is 11.8. The van der Waals surface area contributed by atoms with Crippen LogP contribution in [0.2, 0.25) is 0 Å². The first-order chi connectivity index (χ1) is 8.18. The van der Waals surface area contributed by atoms with E-state index in [1.54, 1.807) is 0 Å². The van der Waals surface area contributed by atoms with Crippen molar-refractivity contribution in [2.24, 2.45) is 10.8 Å². The molecule has 0 aromatic carbocycles. The van der Waals surface area contributed by atoms with Crippen molar-refractivity contribution in [1.82, 2.24) is 5.32 Å². The number of carboxylic acids is 1. The summed E-state index contributed by atoms with van der Waals surface area (Å²) in [6.07, 6.45) is -0.555. The first-order valence-corrected chi connectivity index (χ1v) is 6.36. The van der Waals surface area contributed by atoms with Crippen LogP contribution in [0.5, 0.6) is 0 Å². The number of hydrogen-bond donors (Lipinski definition) is 2. The Balaban J connectivity index is 1.90. The minimum atomic E-state index is -0.989. The molecule has 102 valence electrons. The molecule has 1 heterocycles. The van der Waals surface area contributed by atoms with E-state index < -0.39 is 18.2 Å². The number of rotatable bonds is 3. The van der Waals surface area contributed by atoms with Gasteiger partial charge in [-0.3, -0.25) is 4.79 Å². The number of amides is 1. The summed E-state index contributed by atoms with van der Waals surface area (Å²) in [5.74, 6) is -1.17. The third-order valence-electron chi connectivity index (χ3n) is 4.89. The molecule has 5 nitrogen and oxygen atoms in total. The van der Waals surface area contributed by atoms with Crippen LogP contribution in [-0.2, 0) is 14.3 Å². The summed E-state index contributed by atoms with van der Waals surface area (Å²) < 4.78 is 5.24. The van der Waals surface area contributed by atoms with Gasteiger partial charge in [-0.2, -0.15) is 0 Å². The first kappa shape index (κ1) is 13.3. The van der Waals surface area contributed by atoms with Crippen molar-refractivity contribution < 1.29 is 19.4 Å². The molecule has 1 saturated heterocycles. The molecule has 0 radical (unpaired) electrons. The summed E-state index contributed by atoms with van der Waals surface area (Å²) in [4.78, 5) is 22.8. The molecule has 1 aliphatic heterocycles. The maximum absolute atomic E-state index is 12.0. The van der Waals surface area contributed by atoms with Gasteiger partial charge in [-0.25, -0.2) is 4.79 Å².